The molecule has 0 spiro atoms. The summed E-state index contributed by atoms with van der Waals surface area (Å²) in [5.41, 5.74) is 3.84. The van der Waals surface area contributed by atoms with Crippen molar-refractivity contribution in [2.24, 2.45) is 5.92 Å². The van der Waals surface area contributed by atoms with Gasteiger partial charge in [0.25, 0.3) is 0 Å². The van der Waals surface area contributed by atoms with Crippen LogP contribution in [0.2, 0.25) is 0 Å². The molecule has 1 fully saturated rings. The fourth-order valence-electron chi connectivity index (χ4n) is 5.25. The lowest BCUT2D eigenvalue weighted by Crippen LogP contribution is -2.46. The number of urea groups is 1. The Morgan fingerprint density at radius 1 is 1.00 bits per heavy atom. The number of hydrogen-bond acceptors (Lipinski definition) is 8. The largest absolute Gasteiger partial charge is 0.465 e. The van der Waals surface area contributed by atoms with Crippen molar-refractivity contribution in [3.05, 3.63) is 101 Å². The van der Waals surface area contributed by atoms with E-state index >= 15 is 0 Å². The van der Waals surface area contributed by atoms with Crippen LogP contribution in [-0.2, 0) is 25.6 Å². The number of aliphatic hydroxyl groups is 2. The summed E-state index contributed by atoms with van der Waals surface area (Å²) in [5, 5.41) is 25.8. The molecule has 3 aromatic carbocycles. The molecule has 0 aromatic heterocycles. The minimum Gasteiger partial charge on any atom is -0.465 e. The second kappa shape index (κ2) is 15.8. The van der Waals surface area contributed by atoms with Crippen LogP contribution in [0, 0.1) is 5.92 Å². The Morgan fingerprint density at radius 2 is 1.73 bits per heavy atom. The van der Waals surface area contributed by atoms with Crippen molar-refractivity contribution in [2.75, 3.05) is 32.1 Å². The number of carbonyl (C=O) groups is 2. The third-order valence-corrected chi connectivity index (χ3v) is 8.00. The van der Waals surface area contributed by atoms with E-state index in [0.29, 0.717) is 17.8 Å². The number of rotatable bonds is 12. The molecule has 0 unspecified atom stereocenters. The Kier molecular flexibility index (Phi) is 11.9. The molecule has 4 rings (SSSR count). The zero-order valence-corrected chi connectivity index (χ0v) is 25.7. The monoisotopic (exact) mass is 605 g/mol. The summed E-state index contributed by atoms with van der Waals surface area (Å²) < 4.78 is 18.0. The van der Waals surface area contributed by atoms with Gasteiger partial charge in [-0.3, -0.25) is 9.69 Å². The van der Waals surface area contributed by atoms with Gasteiger partial charge in [0.15, 0.2) is 6.29 Å². The first-order valence-corrected chi connectivity index (χ1v) is 14.9. The zero-order chi connectivity index (χ0) is 31.6. The van der Waals surface area contributed by atoms with E-state index in [4.69, 9.17) is 14.2 Å². The van der Waals surface area contributed by atoms with E-state index in [0.717, 1.165) is 16.7 Å². The summed E-state index contributed by atoms with van der Waals surface area (Å²) in [6, 6.07) is 23.7. The Bertz CT molecular complexity index is 1350. The second-order valence-corrected chi connectivity index (χ2v) is 11.1. The van der Waals surface area contributed by atoms with Crippen LogP contribution in [0.4, 0.5) is 10.5 Å². The standard InChI is InChI=1S/C34H43N3O7/c1-5-42-30(39)19-35-34(41)36-28-13-9-12-27(18-28)33-43-29(20-37(4)23(3)31(40)25-10-7-6-8-11-25)22(2)32(44-33)26-16-14-24(21-38)15-17-26/h6-18,22-23,29,31-33,38,40H,5,19-21H2,1-4H3,(H2,35,36,41)/t22-,23+,29+,31+,32+,33+/m0/s1. The van der Waals surface area contributed by atoms with Gasteiger partial charge in [-0.05, 0) is 49.7 Å². The van der Waals surface area contributed by atoms with Crippen molar-refractivity contribution in [1.82, 2.24) is 10.2 Å². The Labute approximate surface area is 258 Å². The number of anilines is 1. The number of likely N-dealkylation sites (N-methyl/N-ethyl adjacent to an activating group) is 1. The Morgan fingerprint density at radius 3 is 2.41 bits per heavy atom. The summed E-state index contributed by atoms with van der Waals surface area (Å²) in [6.45, 7) is 6.26. The number of ether oxygens (including phenoxy) is 3. The van der Waals surface area contributed by atoms with Gasteiger partial charge < -0.3 is 35.1 Å². The van der Waals surface area contributed by atoms with Gasteiger partial charge in [-0.1, -0.05) is 73.7 Å². The van der Waals surface area contributed by atoms with Crippen molar-refractivity contribution < 1.29 is 34.0 Å². The third kappa shape index (κ3) is 8.64. The molecular formula is C34H43N3O7. The molecule has 1 aliphatic heterocycles. The molecule has 0 radical (unpaired) electrons. The van der Waals surface area contributed by atoms with Gasteiger partial charge >= 0.3 is 12.0 Å². The van der Waals surface area contributed by atoms with Crippen LogP contribution in [0.1, 0.15) is 61.5 Å². The molecule has 10 heteroatoms. The topological polar surface area (TPSA) is 130 Å². The molecule has 1 saturated heterocycles. The highest BCUT2D eigenvalue weighted by Gasteiger charge is 2.39. The summed E-state index contributed by atoms with van der Waals surface area (Å²) in [4.78, 5) is 26.1. The molecule has 4 N–H and O–H groups in total. The number of hydrogen-bond donors (Lipinski definition) is 4. The quantitative estimate of drug-likeness (QED) is 0.219. The molecule has 6 atom stereocenters. The average Bonchev–Trinajstić information content (AvgIpc) is 3.04. The molecule has 1 aliphatic rings. The van der Waals surface area contributed by atoms with Crippen LogP contribution in [-0.4, -0.2) is 66.0 Å². The van der Waals surface area contributed by atoms with Crippen molar-refractivity contribution in [3.8, 4) is 0 Å². The number of esters is 1. The normalized spacial score (nSPS) is 21.3. The van der Waals surface area contributed by atoms with Crippen LogP contribution in [0.3, 0.4) is 0 Å². The summed E-state index contributed by atoms with van der Waals surface area (Å²) in [5.74, 6) is -0.570. The van der Waals surface area contributed by atoms with E-state index < -0.39 is 24.4 Å². The van der Waals surface area contributed by atoms with Gasteiger partial charge in [-0.25, -0.2) is 4.79 Å². The maximum absolute atomic E-state index is 12.4. The lowest BCUT2D eigenvalue weighted by atomic mass is 9.89. The van der Waals surface area contributed by atoms with E-state index in [1.54, 1.807) is 25.1 Å². The number of nitrogens with one attached hydrogen (secondary N) is 2. The van der Waals surface area contributed by atoms with Gasteiger partial charge in [0.05, 0.1) is 31.5 Å². The highest BCUT2D eigenvalue weighted by molar-refractivity contribution is 5.91. The highest BCUT2D eigenvalue weighted by Crippen LogP contribution is 2.42. The van der Waals surface area contributed by atoms with Gasteiger partial charge in [0.1, 0.15) is 6.54 Å². The van der Waals surface area contributed by atoms with E-state index in [9.17, 15) is 19.8 Å². The van der Waals surface area contributed by atoms with E-state index in [1.165, 1.54) is 0 Å². The fraction of sp³-hybridized carbons (Fsp3) is 0.412. The van der Waals surface area contributed by atoms with Crippen molar-refractivity contribution >= 4 is 17.7 Å². The second-order valence-electron chi connectivity index (χ2n) is 11.1. The molecule has 1 heterocycles. The predicted octanol–water partition coefficient (Wildman–Crippen LogP) is 4.71. The SMILES string of the molecule is CCOC(=O)CNC(=O)Nc1cccc([C@@H]2O[C@H](CN(C)[C@H](C)[C@@H](O)c3ccccc3)[C@H](C)[C@H](c3ccc(CO)cc3)O2)c1. The molecule has 3 aromatic rings. The molecule has 0 aliphatic carbocycles. The van der Waals surface area contributed by atoms with Crippen LogP contribution >= 0.6 is 0 Å². The average molecular weight is 606 g/mol. The van der Waals surface area contributed by atoms with E-state index in [-0.39, 0.29) is 43.9 Å². The van der Waals surface area contributed by atoms with Gasteiger partial charge in [-0.15, -0.1) is 0 Å². The summed E-state index contributed by atoms with van der Waals surface area (Å²) >= 11 is 0. The minimum atomic E-state index is -0.745. The summed E-state index contributed by atoms with van der Waals surface area (Å²) in [7, 11) is 1.97. The molecule has 10 nitrogen and oxygen atoms in total. The van der Waals surface area contributed by atoms with E-state index in [1.807, 2.05) is 74.6 Å². The predicted molar refractivity (Wildman–Crippen MR) is 167 cm³/mol. The lowest BCUT2D eigenvalue weighted by Gasteiger charge is -2.43. The highest BCUT2D eigenvalue weighted by atomic mass is 16.7. The number of benzene rings is 3. The van der Waals surface area contributed by atoms with Crippen LogP contribution in [0.5, 0.6) is 0 Å². The first kappa shape index (κ1) is 33.1. The maximum atomic E-state index is 12.4. The molecule has 44 heavy (non-hydrogen) atoms. The van der Waals surface area contributed by atoms with Crippen LogP contribution in [0.25, 0.3) is 0 Å². The smallest absolute Gasteiger partial charge is 0.325 e. The molecule has 0 saturated carbocycles. The third-order valence-electron chi connectivity index (χ3n) is 8.00. The fourth-order valence-corrected chi connectivity index (χ4v) is 5.25. The maximum Gasteiger partial charge on any atom is 0.325 e. The molecule has 2 amide bonds. The zero-order valence-electron chi connectivity index (χ0n) is 25.7. The Hall–Kier alpha value is -3.80. The Balaban J connectivity index is 1.53. The minimum absolute atomic E-state index is 0.0463. The van der Waals surface area contributed by atoms with Crippen molar-refractivity contribution in [1.29, 1.82) is 0 Å². The van der Waals surface area contributed by atoms with Crippen molar-refractivity contribution in [2.45, 2.75) is 58.0 Å². The molecule has 0 bridgehead atoms. The number of aliphatic hydroxyl groups excluding tert-OH is 2. The molecular weight excluding hydrogens is 562 g/mol. The lowest BCUT2D eigenvalue weighted by molar-refractivity contribution is -0.276. The first-order valence-electron chi connectivity index (χ1n) is 14.9. The number of amides is 2. The number of nitrogens with zero attached hydrogens (tertiary/aromatic N) is 1. The van der Waals surface area contributed by atoms with Gasteiger partial charge in [0, 0.05) is 29.8 Å². The van der Waals surface area contributed by atoms with Crippen LogP contribution in [0.15, 0.2) is 78.9 Å². The first-order chi connectivity index (χ1) is 21.2. The molecule has 236 valence electrons. The van der Waals surface area contributed by atoms with Crippen molar-refractivity contribution in [3.63, 3.8) is 0 Å². The van der Waals surface area contributed by atoms with Gasteiger partial charge in [-0.2, -0.15) is 0 Å². The number of carbonyl (C=O) groups excluding carboxylic acids is 2. The van der Waals surface area contributed by atoms with Crippen LogP contribution < -0.4 is 10.6 Å². The van der Waals surface area contributed by atoms with Gasteiger partial charge in [0.2, 0.25) is 0 Å². The summed E-state index contributed by atoms with van der Waals surface area (Å²) in [6.07, 6.45) is -2.01. The van der Waals surface area contributed by atoms with E-state index in [2.05, 4.69) is 22.5 Å².